The van der Waals surface area contributed by atoms with Crippen molar-refractivity contribution >= 4 is 12.6 Å². The summed E-state index contributed by atoms with van der Waals surface area (Å²) in [5.41, 5.74) is 0. The summed E-state index contributed by atoms with van der Waals surface area (Å²) in [5.74, 6) is 2.48. The van der Waals surface area contributed by atoms with Gasteiger partial charge in [-0.15, -0.1) is 0 Å². The van der Waals surface area contributed by atoms with Crippen LogP contribution >= 0.6 is 12.6 Å². The number of hydrogen-bond donors (Lipinski definition) is 1. The van der Waals surface area contributed by atoms with Crippen molar-refractivity contribution in [3.8, 4) is 0 Å². The second-order valence-corrected chi connectivity index (χ2v) is 1.69. The Labute approximate surface area is 39.0 Å². The summed E-state index contributed by atoms with van der Waals surface area (Å²) in [6.45, 7) is 4.18. The lowest BCUT2D eigenvalue weighted by Crippen LogP contribution is -1.76. The Morgan fingerprint density at radius 2 is 1.80 bits per heavy atom. The highest BCUT2D eigenvalue weighted by Gasteiger charge is 1.81. The first-order chi connectivity index (χ1) is 2.27. The topological polar surface area (TPSA) is 0 Å². The van der Waals surface area contributed by atoms with Gasteiger partial charge in [0, 0.05) is 5.75 Å². The van der Waals surface area contributed by atoms with E-state index < -0.39 is 0 Å². The molecule has 0 saturated carbocycles. The van der Waals surface area contributed by atoms with Crippen LogP contribution in [0.3, 0.4) is 0 Å². The predicted molar refractivity (Wildman–Crippen MR) is 28.1 cm³/mol. The monoisotopic (exact) mass is 89.0 g/mol. The van der Waals surface area contributed by atoms with Gasteiger partial charge in [0.05, 0.1) is 0 Å². The van der Waals surface area contributed by atoms with Crippen LogP contribution in [0.2, 0.25) is 0 Å². The van der Waals surface area contributed by atoms with E-state index in [2.05, 4.69) is 26.5 Å². The summed E-state index contributed by atoms with van der Waals surface area (Å²) in [7, 11) is 0. The summed E-state index contributed by atoms with van der Waals surface area (Å²) in [6.07, 6.45) is 0. The molecule has 0 heterocycles. The SMILES string of the molecule is CC(C)[CH]S. The first-order valence-electron chi connectivity index (χ1n) is 1.75. The zero-order valence-corrected chi connectivity index (χ0v) is 4.50. The van der Waals surface area contributed by atoms with Crippen LogP contribution in [0.25, 0.3) is 0 Å². The molecule has 0 aromatic rings. The normalized spacial score (nSPS) is 9.60. The lowest BCUT2D eigenvalue weighted by atomic mass is 10.3. The Bertz CT molecular complexity index is 17.6. The molecule has 1 radical (unpaired) electrons. The predicted octanol–water partition coefficient (Wildman–Crippen LogP) is 1.73. The van der Waals surface area contributed by atoms with Crippen molar-refractivity contribution in [2.45, 2.75) is 13.8 Å². The van der Waals surface area contributed by atoms with Crippen LogP contribution in [-0.2, 0) is 0 Å². The molecule has 0 aliphatic heterocycles. The molecule has 5 heavy (non-hydrogen) atoms. The van der Waals surface area contributed by atoms with Crippen LogP contribution in [0, 0.1) is 11.7 Å². The molecule has 0 unspecified atom stereocenters. The quantitative estimate of drug-likeness (QED) is 0.465. The van der Waals surface area contributed by atoms with E-state index in [1.807, 2.05) is 5.75 Å². The smallest absolute Gasteiger partial charge is 0.0159 e. The van der Waals surface area contributed by atoms with Crippen molar-refractivity contribution in [3.05, 3.63) is 5.75 Å². The fraction of sp³-hybridized carbons (Fsp3) is 0.750. The molecule has 0 aromatic heterocycles. The Morgan fingerprint density at radius 1 is 1.60 bits per heavy atom. The molecule has 0 rings (SSSR count). The van der Waals surface area contributed by atoms with Crippen molar-refractivity contribution in [1.29, 1.82) is 0 Å². The second-order valence-electron chi connectivity index (χ2n) is 1.39. The molecule has 0 aliphatic rings. The van der Waals surface area contributed by atoms with E-state index in [0.29, 0.717) is 5.92 Å². The van der Waals surface area contributed by atoms with Gasteiger partial charge in [0.2, 0.25) is 0 Å². The maximum Gasteiger partial charge on any atom is 0.0159 e. The Kier molecular flexibility index (Phi) is 2.76. The third-order valence-corrected chi connectivity index (χ3v) is 0.894. The number of hydrogen-bond acceptors (Lipinski definition) is 1. The summed E-state index contributed by atoms with van der Waals surface area (Å²) in [6, 6.07) is 0. The third-order valence-electron chi connectivity index (χ3n) is 0.298. The van der Waals surface area contributed by atoms with E-state index in [1.54, 1.807) is 0 Å². The molecule has 0 bridgehead atoms. The maximum atomic E-state index is 3.89. The van der Waals surface area contributed by atoms with Gasteiger partial charge in [-0.1, -0.05) is 13.8 Å². The Hall–Kier alpha value is 0.350. The summed E-state index contributed by atoms with van der Waals surface area (Å²) in [5, 5.41) is 0. The molecule has 0 aromatic carbocycles. The Balaban J connectivity index is 2.54. The van der Waals surface area contributed by atoms with Gasteiger partial charge in [-0.05, 0) is 5.92 Å². The lowest BCUT2D eigenvalue weighted by molar-refractivity contribution is 0.813. The first kappa shape index (κ1) is 5.35. The molecule has 31 valence electrons. The molecule has 0 aliphatic carbocycles. The van der Waals surface area contributed by atoms with E-state index in [0.717, 1.165) is 0 Å². The molecular formula is C4H9S. The van der Waals surface area contributed by atoms with Gasteiger partial charge in [-0.2, -0.15) is 12.6 Å². The molecule has 0 fully saturated rings. The first-order valence-corrected chi connectivity index (χ1v) is 2.26. The summed E-state index contributed by atoms with van der Waals surface area (Å²) in [4.78, 5) is 0. The lowest BCUT2D eigenvalue weighted by Gasteiger charge is -1.89. The van der Waals surface area contributed by atoms with E-state index >= 15 is 0 Å². The fourth-order valence-electron chi connectivity index (χ4n) is 0. The highest BCUT2D eigenvalue weighted by Crippen LogP contribution is 1.97. The largest absolute Gasteiger partial charge is 0.175 e. The van der Waals surface area contributed by atoms with Crippen molar-refractivity contribution in [2.24, 2.45) is 5.92 Å². The molecule has 0 amide bonds. The minimum Gasteiger partial charge on any atom is -0.175 e. The summed E-state index contributed by atoms with van der Waals surface area (Å²) < 4.78 is 0. The molecule has 0 nitrogen and oxygen atoms in total. The van der Waals surface area contributed by atoms with E-state index in [-0.39, 0.29) is 0 Å². The average molecular weight is 89.2 g/mol. The third kappa shape index (κ3) is 4.35. The molecule has 0 spiro atoms. The molecular weight excluding hydrogens is 80.1 g/mol. The van der Waals surface area contributed by atoms with Crippen LogP contribution in [0.4, 0.5) is 0 Å². The fourth-order valence-corrected chi connectivity index (χ4v) is 0. The minimum atomic E-state index is 0.623. The second kappa shape index (κ2) is 2.58. The van der Waals surface area contributed by atoms with Gasteiger partial charge in [-0.25, -0.2) is 0 Å². The van der Waals surface area contributed by atoms with Crippen LogP contribution in [0.5, 0.6) is 0 Å². The highest BCUT2D eigenvalue weighted by molar-refractivity contribution is 7.82. The minimum absolute atomic E-state index is 0.623. The molecule has 0 saturated heterocycles. The van der Waals surface area contributed by atoms with Crippen molar-refractivity contribution in [1.82, 2.24) is 0 Å². The number of thiol groups is 1. The van der Waals surface area contributed by atoms with Gasteiger partial charge in [0.25, 0.3) is 0 Å². The van der Waals surface area contributed by atoms with Gasteiger partial charge in [-0.3, -0.25) is 0 Å². The van der Waals surface area contributed by atoms with Crippen LogP contribution < -0.4 is 0 Å². The molecule has 0 atom stereocenters. The van der Waals surface area contributed by atoms with Crippen LogP contribution in [0.1, 0.15) is 13.8 Å². The van der Waals surface area contributed by atoms with E-state index in [1.165, 1.54) is 0 Å². The zero-order valence-electron chi connectivity index (χ0n) is 3.60. The molecule has 1 heteroatoms. The average Bonchev–Trinajstić information content (AvgIpc) is 1.38. The number of rotatable bonds is 1. The van der Waals surface area contributed by atoms with Crippen LogP contribution in [0.15, 0.2) is 0 Å². The van der Waals surface area contributed by atoms with E-state index in [9.17, 15) is 0 Å². The van der Waals surface area contributed by atoms with Crippen molar-refractivity contribution < 1.29 is 0 Å². The van der Waals surface area contributed by atoms with Crippen molar-refractivity contribution in [2.75, 3.05) is 0 Å². The Morgan fingerprint density at radius 3 is 1.80 bits per heavy atom. The van der Waals surface area contributed by atoms with Gasteiger partial charge in [0.15, 0.2) is 0 Å². The van der Waals surface area contributed by atoms with Gasteiger partial charge < -0.3 is 0 Å². The van der Waals surface area contributed by atoms with Gasteiger partial charge in [0.1, 0.15) is 0 Å². The maximum absolute atomic E-state index is 3.89. The zero-order chi connectivity index (χ0) is 4.28. The molecule has 0 N–H and O–H groups in total. The van der Waals surface area contributed by atoms with Gasteiger partial charge >= 0.3 is 0 Å². The van der Waals surface area contributed by atoms with Crippen LogP contribution in [-0.4, -0.2) is 0 Å². The summed E-state index contributed by atoms with van der Waals surface area (Å²) >= 11 is 3.89. The highest BCUT2D eigenvalue weighted by atomic mass is 32.1. The van der Waals surface area contributed by atoms with Crippen molar-refractivity contribution in [3.63, 3.8) is 0 Å². The standard InChI is InChI=1S/C4H9S/c1-4(2)3-5/h3-5H,1-2H3. The van der Waals surface area contributed by atoms with E-state index in [4.69, 9.17) is 0 Å².